The number of halogens is 1. The number of amides is 1. The highest BCUT2D eigenvalue weighted by Crippen LogP contribution is 2.21. The van der Waals surface area contributed by atoms with Crippen molar-refractivity contribution in [2.75, 3.05) is 17.3 Å². The molecule has 1 amide bonds. The Morgan fingerprint density at radius 1 is 1.15 bits per heavy atom. The van der Waals surface area contributed by atoms with Crippen LogP contribution in [0, 0.1) is 11.3 Å². The van der Waals surface area contributed by atoms with Crippen LogP contribution in [0.1, 0.15) is 21.5 Å². The molecule has 0 unspecified atom stereocenters. The minimum atomic E-state index is -0.0875. The molecule has 5 nitrogen and oxygen atoms in total. The van der Waals surface area contributed by atoms with Gasteiger partial charge in [0.15, 0.2) is 0 Å². The second-order valence-corrected chi connectivity index (χ2v) is 6.33. The summed E-state index contributed by atoms with van der Waals surface area (Å²) < 4.78 is 0. The lowest BCUT2D eigenvalue weighted by Gasteiger charge is -2.18. The van der Waals surface area contributed by atoms with E-state index in [1.54, 1.807) is 48.6 Å². The monoisotopic (exact) mass is 376 g/mol. The number of anilines is 2. The van der Waals surface area contributed by atoms with E-state index in [9.17, 15) is 4.79 Å². The van der Waals surface area contributed by atoms with Gasteiger partial charge in [0, 0.05) is 42.9 Å². The maximum Gasteiger partial charge on any atom is 0.258 e. The third-order valence-electron chi connectivity index (χ3n) is 4.14. The molecular formula is C21H17ClN4O. The SMILES string of the molecule is CN(C(=O)c1ccncc1)c1ccc(CNc2ccc(C#N)c(Cl)c2)cc1. The van der Waals surface area contributed by atoms with Gasteiger partial charge in [-0.1, -0.05) is 23.7 Å². The Labute approximate surface area is 162 Å². The van der Waals surface area contributed by atoms with E-state index in [4.69, 9.17) is 16.9 Å². The van der Waals surface area contributed by atoms with Crippen molar-refractivity contribution in [3.63, 3.8) is 0 Å². The van der Waals surface area contributed by atoms with Gasteiger partial charge in [0.1, 0.15) is 6.07 Å². The number of aromatic nitrogens is 1. The fourth-order valence-electron chi connectivity index (χ4n) is 2.56. The first-order valence-corrected chi connectivity index (χ1v) is 8.67. The van der Waals surface area contributed by atoms with Crippen LogP contribution >= 0.6 is 11.6 Å². The van der Waals surface area contributed by atoms with Crippen LogP contribution in [0.3, 0.4) is 0 Å². The first-order chi connectivity index (χ1) is 13.1. The summed E-state index contributed by atoms with van der Waals surface area (Å²) in [7, 11) is 1.74. The number of nitrogens with one attached hydrogen (secondary N) is 1. The van der Waals surface area contributed by atoms with Gasteiger partial charge in [0.2, 0.25) is 0 Å². The van der Waals surface area contributed by atoms with E-state index in [0.717, 1.165) is 16.9 Å². The molecule has 0 aliphatic rings. The molecule has 1 aromatic heterocycles. The number of carbonyl (C=O) groups is 1. The molecule has 0 atom stereocenters. The molecule has 27 heavy (non-hydrogen) atoms. The molecule has 0 fully saturated rings. The van der Waals surface area contributed by atoms with Gasteiger partial charge in [0.25, 0.3) is 5.91 Å². The summed E-state index contributed by atoms with van der Waals surface area (Å²) in [4.78, 5) is 18.0. The van der Waals surface area contributed by atoms with E-state index in [1.165, 1.54) is 0 Å². The van der Waals surface area contributed by atoms with Crippen molar-refractivity contribution in [2.45, 2.75) is 6.54 Å². The van der Waals surface area contributed by atoms with Crippen LogP contribution in [-0.2, 0) is 6.54 Å². The van der Waals surface area contributed by atoms with E-state index in [0.29, 0.717) is 22.7 Å². The van der Waals surface area contributed by atoms with Crippen molar-refractivity contribution in [1.29, 1.82) is 5.26 Å². The lowest BCUT2D eigenvalue weighted by molar-refractivity contribution is 0.0993. The first-order valence-electron chi connectivity index (χ1n) is 8.29. The van der Waals surface area contributed by atoms with E-state index in [2.05, 4.69) is 10.3 Å². The molecule has 0 saturated heterocycles. The molecule has 0 bridgehead atoms. The summed E-state index contributed by atoms with van der Waals surface area (Å²) in [5.41, 5.74) is 3.75. The zero-order valence-corrected chi connectivity index (χ0v) is 15.4. The number of nitriles is 1. The van der Waals surface area contributed by atoms with Crippen LogP contribution in [0.25, 0.3) is 0 Å². The quantitative estimate of drug-likeness (QED) is 0.712. The van der Waals surface area contributed by atoms with Crippen molar-refractivity contribution in [3.8, 4) is 6.07 Å². The fraction of sp³-hybridized carbons (Fsp3) is 0.0952. The smallest absolute Gasteiger partial charge is 0.258 e. The van der Waals surface area contributed by atoms with Crippen molar-refractivity contribution in [3.05, 3.63) is 88.7 Å². The summed E-state index contributed by atoms with van der Waals surface area (Å²) in [5, 5.41) is 12.6. The zero-order chi connectivity index (χ0) is 19.2. The van der Waals surface area contributed by atoms with Gasteiger partial charge >= 0.3 is 0 Å². The van der Waals surface area contributed by atoms with Crippen molar-refractivity contribution < 1.29 is 4.79 Å². The third-order valence-corrected chi connectivity index (χ3v) is 4.45. The Morgan fingerprint density at radius 2 is 1.85 bits per heavy atom. The van der Waals surface area contributed by atoms with Gasteiger partial charge < -0.3 is 10.2 Å². The van der Waals surface area contributed by atoms with Gasteiger partial charge in [-0.2, -0.15) is 5.26 Å². The zero-order valence-electron chi connectivity index (χ0n) is 14.7. The summed E-state index contributed by atoms with van der Waals surface area (Å²) in [6, 6.07) is 18.4. The number of hydrogen-bond acceptors (Lipinski definition) is 4. The highest BCUT2D eigenvalue weighted by Gasteiger charge is 2.13. The maximum atomic E-state index is 12.5. The molecule has 0 spiro atoms. The normalized spacial score (nSPS) is 10.1. The molecule has 134 valence electrons. The Hall–Kier alpha value is -3.36. The lowest BCUT2D eigenvalue weighted by Crippen LogP contribution is -2.26. The molecular weight excluding hydrogens is 360 g/mol. The highest BCUT2D eigenvalue weighted by molar-refractivity contribution is 6.32. The predicted octanol–water partition coefficient (Wildman–Crippen LogP) is 4.50. The van der Waals surface area contributed by atoms with E-state index in [-0.39, 0.29) is 5.91 Å². The summed E-state index contributed by atoms with van der Waals surface area (Å²) >= 11 is 6.04. The molecule has 3 rings (SSSR count). The average Bonchev–Trinajstić information content (AvgIpc) is 2.72. The van der Waals surface area contributed by atoms with E-state index >= 15 is 0 Å². The number of nitrogens with zero attached hydrogens (tertiary/aromatic N) is 3. The topological polar surface area (TPSA) is 69.0 Å². The van der Waals surface area contributed by atoms with E-state index in [1.807, 2.05) is 36.4 Å². The van der Waals surface area contributed by atoms with Crippen molar-refractivity contribution in [1.82, 2.24) is 4.98 Å². The molecule has 0 aliphatic heterocycles. The van der Waals surface area contributed by atoms with Crippen LogP contribution in [0.5, 0.6) is 0 Å². The van der Waals surface area contributed by atoms with Crippen LogP contribution in [0.4, 0.5) is 11.4 Å². The summed E-state index contributed by atoms with van der Waals surface area (Å²) in [6.07, 6.45) is 3.20. The maximum absolute atomic E-state index is 12.5. The Morgan fingerprint density at radius 3 is 2.48 bits per heavy atom. The molecule has 1 N–H and O–H groups in total. The number of carbonyl (C=O) groups excluding carboxylic acids is 1. The molecule has 0 radical (unpaired) electrons. The van der Waals surface area contributed by atoms with Crippen molar-refractivity contribution >= 4 is 28.9 Å². The minimum Gasteiger partial charge on any atom is -0.381 e. The molecule has 6 heteroatoms. The largest absolute Gasteiger partial charge is 0.381 e. The van der Waals surface area contributed by atoms with Crippen LogP contribution in [0.2, 0.25) is 5.02 Å². The van der Waals surface area contributed by atoms with E-state index < -0.39 is 0 Å². The number of benzene rings is 2. The summed E-state index contributed by atoms with van der Waals surface area (Å²) in [5.74, 6) is -0.0875. The lowest BCUT2D eigenvalue weighted by atomic mass is 10.1. The summed E-state index contributed by atoms with van der Waals surface area (Å²) in [6.45, 7) is 0.602. The molecule has 1 heterocycles. The molecule has 0 aliphatic carbocycles. The van der Waals surface area contributed by atoms with Gasteiger partial charge in [-0.3, -0.25) is 9.78 Å². The second kappa shape index (κ2) is 8.35. The Bertz CT molecular complexity index is 981. The van der Waals surface area contributed by atoms with Crippen LogP contribution in [0.15, 0.2) is 67.0 Å². The minimum absolute atomic E-state index is 0.0875. The second-order valence-electron chi connectivity index (χ2n) is 5.93. The Balaban J connectivity index is 1.64. The van der Waals surface area contributed by atoms with Gasteiger partial charge in [-0.15, -0.1) is 0 Å². The van der Waals surface area contributed by atoms with Crippen LogP contribution in [-0.4, -0.2) is 17.9 Å². The highest BCUT2D eigenvalue weighted by atomic mass is 35.5. The molecule has 3 aromatic rings. The van der Waals surface area contributed by atoms with Crippen LogP contribution < -0.4 is 10.2 Å². The predicted molar refractivity (Wildman–Crippen MR) is 107 cm³/mol. The van der Waals surface area contributed by atoms with Gasteiger partial charge in [-0.25, -0.2) is 0 Å². The Kier molecular flexibility index (Phi) is 5.70. The fourth-order valence-corrected chi connectivity index (χ4v) is 2.79. The molecule has 0 saturated carbocycles. The standard InChI is InChI=1S/C21H17ClN4O/c1-26(21(27)16-8-10-24-11-9-16)19-6-2-15(3-7-19)14-25-18-5-4-17(13-23)20(22)12-18/h2-12,25H,14H2,1H3. The van der Waals surface area contributed by atoms with Crippen molar-refractivity contribution in [2.24, 2.45) is 0 Å². The molecule has 2 aromatic carbocycles. The number of pyridine rings is 1. The average molecular weight is 377 g/mol. The number of hydrogen-bond donors (Lipinski definition) is 1. The van der Waals surface area contributed by atoms with Gasteiger partial charge in [0.05, 0.1) is 10.6 Å². The first kappa shape index (κ1) is 18.4. The third kappa shape index (κ3) is 4.43. The van der Waals surface area contributed by atoms with Gasteiger partial charge in [-0.05, 0) is 48.0 Å². The number of rotatable bonds is 5.